The van der Waals surface area contributed by atoms with Gasteiger partial charge in [-0.2, -0.15) is 0 Å². The van der Waals surface area contributed by atoms with Crippen molar-refractivity contribution in [2.75, 3.05) is 5.32 Å². The second kappa shape index (κ2) is 3.71. The van der Waals surface area contributed by atoms with Gasteiger partial charge in [0.25, 0.3) is 5.91 Å². The zero-order valence-corrected chi connectivity index (χ0v) is 10.4. The second-order valence-corrected chi connectivity index (χ2v) is 5.06. The van der Waals surface area contributed by atoms with Gasteiger partial charge < -0.3 is 15.2 Å². The molecule has 1 atom stereocenters. The molecule has 16 heavy (non-hydrogen) atoms. The molecule has 0 spiro atoms. The van der Waals surface area contributed by atoms with Crippen LogP contribution in [0.3, 0.4) is 0 Å². The topological polar surface area (TPSA) is 71.5 Å². The first kappa shape index (κ1) is 11.3. The number of anilines is 1. The fraction of sp³-hybridized carbons (Fsp3) is 0.400. The summed E-state index contributed by atoms with van der Waals surface area (Å²) in [5.41, 5.74) is -1.25. The maximum atomic E-state index is 11.6. The van der Waals surface area contributed by atoms with Crippen molar-refractivity contribution in [3.05, 3.63) is 16.7 Å². The van der Waals surface area contributed by atoms with Gasteiger partial charge in [-0.05, 0) is 35.8 Å². The molecule has 1 aromatic heterocycles. The molecule has 1 unspecified atom stereocenters. The van der Waals surface area contributed by atoms with Crippen LogP contribution in [0.2, 0.25) is 0 Å². The van der Waals surface area contributed by atoms with E-state index in [9.17, 15) is 9.90 Å². The highest BCUT2D eigenvalue weighted by Crippen LogP contribution is 2.32. The molecule has 0 saturated carbocycles. The molecular formula is C10H11BrN2O3. The van der Waals surface area contributed by atoms with Crippen LogP contribution in [0.4, 0.5) is 5.82 Å². The van der Waals surface area contributed by atoms with E-state index in [1.807, 2.05) is 0 Å². The number of aromatic nitrogens is 1. The Morgan fingerprint density at radius 3 is 2.94 bits per heavy atom. The van der Waals surface area contributed by atoms with Crippen LogP contribution in [0, 0.1) is 0 Å². The molecule has 1 aliphatic heterocycles. The lowest BCUT2D eigenvalue weighted by Crippen LogP contribution is -2.51. The summed E-state index contributed by atoms with van der Waals surface area (Å²) in [5.74, 6) is 0.421. The Bertz CT molecular complexity index is 442. The van der Waals surface area contributed by atoms with Gasteiger partial charge in [0.1, 0.15) is 5.60 Å². The maximum absolute atomic E-state index is 11.6. The molecule has 1 aromatic rings. The first-order valence-electron chi connectivity index (χ1n) is 4.73. The number of carbonyl (C=O) groups is 1. The monoisotopic (exact) mass is 286 g/mol. The van der Waals surface area contributed by atoms with Gasteiger partial charge in [0.05, 0.1) is 0 Å². The number of aliphatic hydroxyl groups is 1. The van der Waals surface area contributed by atoms with Gasteiger partial charge in [0, 0.05) is 10.7 Å². The Kier molecular flexibility index (Phi) is 2.63. The Balaban J connectivity index is 2.37. The van der Waals surface area contributed by atoms with E-state index >= 15 is 0 Å². The Labute approximate surface area is 101 Å². The number of nitrogens with zero attached hydrogens (tertiary/aromatic N) is 1. The van der Waals surface area contributed by atoms with E-state index < -0.39 is 17.6 Å². The number of amides is 1. The molecule has 1 aliphatic rings. The van der Waals surface area contributed by atoms with Crippen LogP contribution >= 0.6 is 15.9 Å². The summed E-state index contributed by atoms with van der Waals surface area (Å²) in [5, 5.41) is 12.4. The molecule has 86 valence electrons. The summed E-state index contributed by atoms with van der Waals surface area (Å²) < 4.78 is 6.18. The van der Waals surface area contributed by atoms with Crippen LogP contribution in [0.25, 0.3) is 0 Å². The van der Waals surface area contributed by atoms with E-state index in [0.717, 1.165) is 4.47 Å². The Hall–Kier alpha value is -1.14. The van der Waals surface area contributed by atoms with Gasteiger partial charge >= 0.3 is 0 Å². The summed E-state index contributed by atoms with van der Waals surface area (Å²) in [6, 6.07) is 1.69. The van der Waals surface area contributed by atoms with Crippen molar-refractivity contribution in [3.63, 3.8) is 0 Å². The van der Waals surface area contributed by atoms with Crippen molar-refractivity contribution in [2.45, 2.75) is 25.6 Å². The maximum Gasteiger partial charge on any atom is 0.269 e. The minimum absolute atomic E-state index is 0.369. The molecule has 6 heteroatoms. The fourth-order valence-corrected chi connectivity index (χ4v) is 1.74. The van der Waals surface area contributed by atoms with E-state index in [1.54, 1.807) is 12.3 Å². The van der Waals surface area contributed by atoms with Crippen molar-refractivity contribution in [3.8, 4) is 5.75 Å². The van der Waals surface area contributed by atoms with Gasteiger partial charge in [-0.3, -0.25) is 4.79 Å². The van der Waals surface area contributed by atoms with E-state index in [-0.39, 0.29) is 0 Å². The van der Waals surface area contributed by atoms with Crippen molar-refractivity contribution in [1.82, 2.24) is 4.98 Å². The molecule has 5 nitrogen and oxygen atoms in total. The fourth-order valence-electron chi connectivity index (χ4n) is 1.43. The van der Waals surface area contributed by atoms with E-state index in [4.69, 9.17) is 4.74 Å². The van der Waals surface area contributed by atoms with E-state index in [2.05, 4.69) is 26.2 Å². The molecule has 2 N–H and O–H groups in total. The van der Waals surface area contributed by atoms with Gasteiger partial charge in [0.2, 0.25) is 6.10 Å². The largest absolute Gasteiger partial charge is 0.474 e. The second-order valence-electron chi connectivity index (χ2n) is 4.14. The number of rotatable bonds is 1. The summed E-state index contributed by atoms with van der Waals surface area (Å²) >= 11 is 3.26. The summed E-state index contributed by atoms with van der Waals surface area (Å²) in [4.78, 5) is 15.6. The number of fused-ring (bicyclic) bond motifs is 1. The highest BCUT2D eigenvalue weighted by molar-refractivity contribution is 9.10. The smallest absolute Gasteiger partial charge is 0.269 e. The van der Waals surface area contributed by atoms with Gasteiger partial charge in [0.15, 0.2) is 11.6 Å². The third-order valence-corrected chi connectivity index (χ3v) is 2.62. The molecular weight excluding hydrogens is 276 g/mol. The van der Waals surface area contributed by atoms with Crippen LogP contribution in [-0.2, 0) is 4.79 Å². The van der Waals surface area contributed by atoms with Crippen molar-refractivity contribution in [2.24, 2.45) is 0 Å². The number of nitrogens with one attached hydrogen (secondary N) is 1. The SMILES string of the molecule is CC(C)(O)C1Oc2cc(Br)cnc2NC1=O. The average molecular weight is 287 g/mol. The van der Waals surface area contributed by atoms with E-state index in [0.29, 0.717) is 11.6 Å². The van der Waals surface area contributed by atoms with Crippen LogP contribution in [0.1, 0.15) is 13.8 Å². The predicted octanol–water partition coefficient (Wildman–Crippen LogP) is 1.31. The van der Waals surface area contributed by atoms with E-state index in [1.165, 1.54) is 13.8 Å². The lowest BCUT2D eigenvalue weighted by Gasteiger charge is -2.32. The molecule has 0 fully saturated rings. The predicted molar refractivity (Wildman–Crippen MR) is 61.3 cm³/mol. The van der Waals surface area contributed by atoms with Gasteiger partial charge in [-0.15, -0.1) is 0 Å². The number of ether oxygens (including phenoxy) is 1. The zero-order valence-electron chi connectivity index (χ0n) is 8.82. The third-order valence-electron chi connectivity index (χ3n) is 2.19. The van der Waals surface area contributed by atoms with Crippen LogP contribution in [0.15, 0.2) is 16.7 Å². The quantitative estimate of drug-likeness (QED) is 0.817. The molecule has 0 aliphatic carbocycles. The molecule has 0 saturated heterocycles. The number of carbonyl (C=O) groups excluding carboxylic acids is 1. The average Bonchev–Trinajstić information content (AvgIpc) is 2.16. The standard InChI is InChI=1S/C10H11BrN2O3/c1-10(2,15)7-9(14)13-8-6(16-7)3-5(11)4-12-8/h3-4,7,15H,1-2H3,(H,12,13,14). The first-order valence-corrected chi connectivity index (χ1v) is 5.52. The molecule has 0 bridgehead atoms. The highest BCUT2D eigenvalue weighted by atomic mass is 79.9. The number of hydrogen-bond acceptors (Lipinski definition) is 4. The van der Waals surface area contributed by atoms with Crippen molar-refractivity contribution >= 4 is 27.7 Å². The molecule has 2 rings (SSSR count). The molecule has 1 amide bonds. The normalized spacial score (nSPS) is 19.8. The van der Waals surface area contributed by atoms with Crippen molar-refractivity contribution < 1.29 is 14.6 Å². The molecule has 0 radical (unpaired) electrons. The number of hydrogen-bond donors (Lipinski definition) is 2. The lowest BCUT2D eigenvalue weighted by molar-refractivity contribution is -0.134. The highest BCUT2D eigenvalue weighted by Gasteiger charge is 2.39. The van der Waals surface area contributed by atoms with Crippen LogP contribution in [-0.4, -0.2) is 27.7 Å². The first-order chi connectivity index (χ1) is 7.38. The minimum atomic E-state index is -1.25. The minimum Gasteiger partial charge on any atom is -0.474 e. The van der Waals surface area contributed by atoms with Crippen LogP contribution in [0.5, 0.6) is 5.75 Å². The summed E-state index contributed by atoms with van der Waals surface area (Å²) in [7, 11) is 0. The summed E-state index contributed by atoms with van der Waals surface area (Å²) in [6.45, 7) is 3.04. The zero-order chi connectivity index (χ0) is 11.9. The summed E-state index contributed by atoms with van der Waals surface area (Å²) in [6.07, 6.45) is 0.628. The van der Waals surface area contributed by atoms with Gasteiger partial charge in [-0.1, -0.05) is 0 Å². The van der Waals surface area contributed by atoms with Crippen LogP contribution < -0.4 is 10.1 Å². The lowest BCUT2D eigenvalue weighted by atomic mass is 10.00. The number of halogens is 1. The van der Waals surface area contributed by atoms with Crippen molar-refractivity contribution in [1.29, 1.82) is 0 Å². The van der Waals surface area contributed by atoms with Gasteiger partial charge in [-0.25, -0.2) is 4.98 Å². The molecule has 2 heterocycles. The number of pyridine rings is 1. The molecule has 0 aromatic carbocycles. The third kappa shape index (κ3) is 2.03. The Morgan fingerprint density at radius 2 is 2.31 bits per heavy atom. The Morgan fingerprint density at radius 1 is 1.62 bits per heavy atom.